The first kappa shape index (κ1) is 13.7. The van der Waals surface area contributed by atoms with E-state index in [0.29, 0.717) is 6.10 Å². The van der Waals surface area contributed by atoms with E-state index >= 15 is 0 Å². The second-order valence-electron chi connectivity index (χ2n) is 5.61. The van der Waals surface area contributed by atoms with Crippen molar-refractivity contribution in [1.82, 2.24) is 9.88 Å². The zero-order valence-electron chi connectivity index (χ0n) is 12.3. The zero-order chi connectivity index (χ0) is 13.8. The monoisotopic (exact) mass is 272 g/mol. The summed E-state index contributed by atoms with van der Waals surface area (Å²) in [6, 6.07) is 8.97. The van der Waals surface area contributed by atoms with Crippen LogP contribution in [-0.2, 0) is 17.8 Å². The van der Waals surface area contributed by atoms with Crippen molar-refractivity contribution < 1.29 is 4.74 Å². The van der Waals surface area contributed by atoms with E-state index < -0.39 is 0 Å². The molecule has 0 amide bonds. The maximum atomic E-state index is 5.72. The van der Waals surface area contributed by atoms with E-state index in [2.05, 4.69) is 47.3 Å². The van der Waals surface area contributed by atoms with Gasteiger partial charge in [0.15, 0.2) is 0 Å². The van der Waals surface area contributed by atoms with Crippen LogP contribution in [0.15, 0.2) is 30.5 Å². The Labute approximate surface area is 120 Å². The molecule has 3 nitrogen and oxygen atoms in total. The summed E-state index contributed by atoms with van der Waals surface area (Å²) in [6.45, 7) is 6.10. The van der Waals surface area contributed by atoms with Gasteiger partial charge in [0.1, 0.15) is 0 Å². The van der Waals surface area contributed by atoms with Crippen LogP contribution in [0.2, 0.25) is 0 Å². The highest BCUT2D eigenvalue weighted by molar-refractivity contribution is 5.80. The number of fused-ring (bicyclic) bond motifs is 1. The summed E-state index contributed by atoms with van der Waals surface area (Å²) in [4.78, 5) is 0. The highest BCUT2D eigenvalue weighted by Crippen LogP contribution is 2.21. The molecule has 20 heavy (non-hydrogen) atoms. The summed E-state index contributed by atoms with van der Waals surface area (Å²) in [5.41, 5.74) is 2.70. The fraction of sp³-hybridized carbons (Fsp3) is 0.529. The van der Waals surface area contributed by atoms with Crippen molar-refractivity contribution in [3.63, 3.8) is 0 Å². The van der Waals surface area contributed by atoms with Gasteiger partial charge in [-0.25, -0.2) is 0 Å². The number of nitrogens with zero attached hydrogens (tertiary/aromatic N) is 1. The summed E-state index contributed by atoms with van der Waals surface area (Å²) in [5.74, 6) is 0. The first-order chi connectivity index (χ1) is 9.86. The summed E-state index contributed by atoms with van der Waals surface area (Å²) in [5, 5.41) is 4.72. The van der Waals surface area contributed by atoms with Crippen LogP contribution in [0.3, 0.4) is 0 Å². The minimum Gasteiger partial charge on any atom is -0.378 e. The minimum atomic E-state index is 0.470. The van der Waals surface area contributed by atoms with Crippen LogP contribution in [-0.4, -0.2) is 23.8 Å². The van der Waals surface area contributed by atoms with Crippen LogP contribution in [0.4, 0.5) is 0 Å². The molecule has 1 aromatic heterocycles. The Bertz CT molecular complexity index is 555. The highest BCUT2D eigenvalue weighted by Gasteiger charge is 2.15. The number of aromatic nitrogens is 1. The molecule has 1 atom stereocenters. The third-order valence-corrected chi connectivity index (χ3v) is 4.13. The molecule has 2 heterocycles. The predicted molar refractivity (Wildman–Crippen MR) is 82.9 cm³/mol. The molecule has 3 heteroatoms. The van der Waals surface area contributed by atoms with Crippen molar-refractivity contribution in [2.75, 3.05) is 13.2 Å². The molecule has 1 unspecified atom stereocenters. The number of rotatable bonds is 6. The van der Waals surface area contributed by atoms with E-state index in [9.17, 15) is 0 Å². The molecule has 2 aromatic rings. The molecule has 0 bridgehead atoms. The predicted octanol–water partition coefficient (Wildman–Crippen LogP) is 3.32. The number of benzene rings is 1. The topological polar surface area (TPSA) is 26.2 Å². The Morgan fingerprint density at radius 2 is 2.30 bits per heavy atom. The quantitative estimate of drug-likeness (QED) is 0.873. The average molecular weight is 272 g/mol. The number of hydrogen-bond acceptors (Lipinski definition) is 2. The largest absolute Gasteiger partial charge is 0.378 e. The van der Waals surface area contributed by atoms with Gasteiger partial charge in [-0.1, -0.05) is 19.1 Å². The van der Waals surface area contributed by atoms with Gasteiger partial charge in [-0.15, -0.1) is 0 Å². The van der Waals surface area contributed by atoms with E-state index in [-0.39, 0.29) is 0 Å². The van der Waals surface area contributed by atoms with Crippen LogP contribution >= 0.6 is 0 Å². The molecule has 0 spiro atoms. The molecule has 0 radical (unpaired) electrons. The van der Waals surface area contributed by atoms with Gasteiger partial charge in [0, 0.05) is 31.4 Å². The van der Waals surface area contributed by atoms with Gasteiger partial charge in [0.05, 0.1) is 6.10 Å². The van der Waals surface area contributed by atoms with E-state index in [1.54, 1.807) is 0 Å². The lowest BCUT2D eigenvalue weighted by Gasteiger charge is -2.11. The average Bonchev–Trinajstić information content (AvgIpc) is 3.12. The highest BCUT2D eigenvalue weighted by atomic mass is 16.5. The first-order valence-corrected chi connectivity index (χ1v) is 7.77. The van der Waals surface area contributed by atoms with E-state index in [1.807, 2.05) is 0 Å². The fourth-order valence-corrected chi connectivity index (χ4v) is 2.96. The van der Waals surface area contributed by atoms with E-state index in [0.717, 1.165) is 32.7 Å². The lowest BCUT2D eigenvalue weighted by molar-refractivity contribution is 0.101. The Kier molecular flexibility index (Phi) is 4.38. The standard InChI is InChI=1S/C17H24N2O/c1-2-18-13-14-5-6-15-7-9-19(17(15)12-14)10-8-16-4-3-11-20-16/h5-7,9,12,16,18H,2-4,8,10-11,13H2,1H3. The van der Waals surface area contributed by atoms with Crippen molar-refractivity contribution in [1.29, 1.82) is 0 Å². The second-order valence-corrected chi connectivity index (χ2v) is 5.61. The van der Waals surface area contributed by atoms with Crippen molar-refractivity contribution in [3.8, 4) is 0 Å². The summed E-state index contributed by atoms with van der Waals surface area (Å²) < 4.78 is 8.08. The molecule has 108 valence electrons. The molecule has 1 saturated heterocycles. The lowest BCUT2D eigenvalue weighted by Crippen LogP contribution is -2.12. The molecular formula is C17H24N2O. The summed E-state index contributed by atoms with van der Waals surface area (Å²) in [7, 11) is 0. The molecule has 0 aliphatic carbocycles. The first-order valence-electron chi connectivity index (χ1n) is 7.77. The summed E-state index contributed by atoms with van der Waals surface area (Å²) >= 11 is 0. The third-order valence-electron chi connectivity index (χ3n) is 4.13. The molecule has 1 N–H and O–H groups in total. The van der Waals surface area contributed by atoms with E-state index in [1.165, 1.54) is 29.3 Å². The number of nitrogens with one attached hydrogen (secondary N) is 1. The molecular weight excluding hydrogens is 248 g/mol. The SMILES string of the molecule is CCNCc1ccc2ccn(CCC3CCCO3)c2c1. The summed E-state index contributed by atoms with van der Waals surface area (Å²) in [6.07, 6.45) is 6.25. The van der Waals surface area contributed by atoms with Crippen molar-refractivity contribution >= 4 is 10.9 Å². The third kappa shape index (κ3) is 3.05. The normalized spacial score (nSPS) is 18.9. The fourth-order valence-electron chi connectivity index (χ4n) is 2.96. The van der Waals surface area contributed by atoms with Crippen molar-refractivity contribution in [2.24, 2.45) is 0 Å². The van der Waals surface area contributed by atoms with Crippen LogP contribution in [0.5, 0.6) is 0 Å². The minimum absolute atomic E-state index is 0.470. The molecule has 1 aromatic carbocycles. The van der Waals surface area contributed by atoms with Gasteiger partial charge in [0.2, 0.25) is 0 Å². The van der Waals surface area contributed by atoms with Crippen LogP contribution in [0, 0.1) is 0 Å². The van der Waals surface area contributed by atoms with Crippen LogP contribution in [0.1, 0.15) is 31.7 Å². The maximum Gasteiger partial charge on any atom is 0.0593 e. The Morgan fingerprint density at radius 3 is 3.10 bits per heavy atom. The van der Waals surface area contributed by atoms with Gasteiger partial charge in [0.25, 0.3) is 0 Å². The zero-order valence-corrected chi connectivity index (χ0v) is 12.3. The number of hydrogen-bond donors (Lipinski definition) is 1. The van der Waals surface area contributed by atoms with Gasteiger partial charge < -0.3 is 14.6 Å². The van der Waals surface area contributed by atoms with Gasteiger partial charge in [-0.05, 0) is 48.9 Å². The smallest absolute Gasteiger partial charge is 0.0593 e. The molecule has 1 fully saturated rings. The van der Waals surface area contributed by atoms with Crippen molar-refractivity contribution in [3.05, 3.63) is 36.0 Å². The maximum absolute atomic E-state index is 5.72. The van der Waals surface area contributed by atoms with Crippen LogP contribution < -0.4 is 5.32 Å². The lowest BCUT2D eigenvalue weighted by atomic mass is 10.1. The Hall–Kier alpha value is -1.32. The van der Waals surface area contributed by atoms with Gasteiger partial charge in [-0.3, -0.25) is 0 Å². The molecule has 1 aliphatic heterocycles. The molecule has 3 rings (SSSR count). The van der Waals surface area contributed by atoms with Crippen LogP contribution in [0.25, 0.3) is 10.9 Å². The van der Waals surface area contributed by atoms with Gasteiger partial charge in [-0.2, -0.15) is 0 Å². The number of ether oxygens (including phenoxy) is 1. The van der Waals surface area contributed by atoms with Crippen molar-refractivity contribution in [2.45, 2.75) is 45.4 Å². The molecule has 0 saturated carbocycles. The van der Waals surface area contributed by atoms with E-state index in [4.69, 9.17) is 4.74 Å². The second kappa shape index (κ2) is 6.42. The van der Waals surface area contributed by atoms with Gasteiger partial charge >= 0.3 is 0 Å². The Balaban J connectivity index is 1.72. The number of aryl methyl sites for hydroxylation is 1. The Morgan fingerprint density at radius 1 is 1.35 bits per heavy atom. The molecule has 1 aliphatic rings.